The van der Waals surface area contributed by atoms with Crippen molar-refractivity contribution in [2.45, 2.75) is 32.3 Å². The first-order valence-electron chi connectivity index (χ1n) is 13.6. The summed E-state index contributed by atoms with van der Waals surface area (Å²) >= 11 is 0. The molecule has 8 heteroatoms. The monoisotopic (exact) mass is 534 g/mol. The molecule has 0 saturated carbocycles. The molecule has 3 aromatic rings. The van der Waals surface area contributed by atoms with Gasteiger partial charge in [-0.2, -0.15) is 0 Å². The first-order chi connectivity index (χ1) is 18.9. The van der Waals surface area contributed by atoms with Crippen molar-refractivity contribution in [3.05, 3.63) is 89.6 Å². The molecule has 2 amide bonds. The Morgan fingerprint density at radius 3 is 2.38 bits per heavy atom. The van der Waals surface area contributed by atoms with Gasteiger partial charge < -0.3 is 23.7 Å². The zero-order chi connectivity index (χ0) is 27.4. The van der Waals surface area contributed by atoms with Crippen LogP contribution in [0.3, 0.4) is 0 Å². The van der Waals surface area contributed by atoms with Crippen molar-refractivity contribution in [1.82, 2.24) is 9.80 Å². The SMILES string of the molecule is CC(C)[C@@H]1C[C@H](c2cccc(F)c2)CO[C@H]1c1ccc(OCC(=O)N2CCN(C(=O)c3ccco3)CC2)cc1. The number of piperazine rings is 1. The quantitative estimate of drug-likeness (QED) is 0.411. The van der Waals surface area contributed by atoms with Crippen molar-refractivity contribution in [3.63, 3.8) is 0 Å². The summed E-state index contributed by atoms with van der Waals surface area (Å²) in [6, 6.07) is 17.9. The van der Waals surface area contributed by atoms with E-state index in [0.717, 1.165) is 17.5 Å². The fourth-order valence-electron chi connectivity index (χ4n) is 5.53. The first-order valence-corrected chi connectivity index (χ1v) is 13.6. The second-order valence-electron chi connectivity index (χ2n) is 10.7. The maximum atomic E-state index is 13.8. The van der Waals surface area contributed by atoms with E-state index in [0.29, 0.717) is 56.1 Å². The maximum Gasteiger partial charge on any atom is 0.289 e. The number of amides is 2. The molecular weight excluding hydrogens is 499 g/mol. The number of carbonyl (C=O) groups excluding carboxylic acids is 2. The molecule has 7 nitrogen and oxygen atoms in total. The Labute approximate surface area is 228 Å². The zero-order valence-corrected chi connectivity index (χ0v) is 22.4. The minimum Gasteiger partial charge on any atom is -0.484 e. The predicted molar refractivity (Wildman–Crippen MR) is 144 cm³/mol. The van der Waals surface area contributed by atoms with Gasteiger partial charge >= 0.3 is 0 Å². The van der Waals surface area contributed by atoms with E-state index in [4.69, 9.17) is 13.9 Å². The van der Waals surface area contributed by atoms with E-state index in [1.54, 1.807) is 34.1 Å². The van der Waals surface area contributed by atoms with Gasteiger partial charge in [0.1, 0.15) is 11.6 Å². The molecule has 0 aliphatic carbocycles. The summed E-state index contributed by atoms with van der Waals surface area (Å²) in [5, 5.41) is 0. The van der Waals surface area contributed by atoms with Crippen molar-refractivity contribution >= 4 is 11.8 Å². The third-order valence-electron chi connectivity index (χ3n) is 7.82. The number of carbonyl (C=O) groups is 2. The summed E-state index contributed by atoms with van der Waals surface area (Å²) in [6.07, 6.45) is 2.36. The summed E-state index contributed by atoms with van der Waals surface area (Å²) in [5.74, 6) is 1.31. The molecule has 5 rings (SSSR count). The largest absolute Gasteiger partial charge is 0.484 e. The minimum absolute atomic E-state index is 0.0503. The molecule has 2 aliphatic rings. The normalized spacial score (nSPS) is 21.7. The van der Waals surface area contributed by atoms with E-state index in [2.05, 4.69) is 13.8 Å². The summed E-state index contributed by atoms with van der Waals surface area (Å²) in [7, 11) is 0. The van der Waals surface area contributed by atoms with E-state index in [9.17, 15) is 14.0 Å². The molecule has 1 aromatic heterocycles. The Kier molecular flexibility index (Phi) is 8.31. The molecule has 0 bridgehead atoms. The summed E-state index contributed by atoms with van der Waals surface area (Å²) in [4.78, 5) is 28.6. The van der Waals surface area contributed by atoms with Crippen molar-refractivity contribution < 1.29 is 27.9 Å². The highest BCUT2D eigenvalue weighted by atomic mass is 19.1. The minimum atomic E-state index is -0.216. The molecule has 0 spiro atoms. The zero-order valence-electron chi connectivity index (χ0n) is 22.4. The van der Waals surface area contributed by atoms with Crippen LogP contribution in [0.25, 0.3) is 0 Å². The van der Waals surface area contributed by atoms with Crippen molar-refractivity contribution in [2.24, 2.45) is 11.8 Å². The topological polar surface area (TPSA) is 72.2 Å². The van der Waals surface area contributed by atoms with Crippen molar-refractivity contribution in [3.8, 4) is 5.75 Å². The Hall–Kier alpha value is -3.65. The third kappa shape index (κ3) is 6.33. The average molecular weight is 535 g/mol. The van der Waals surface area contributed by atoms with E-state index in [1.807, 2.05) is 30.3 Å². The van der Waals surface area contributed by atoms with Gasteiger partial charge in [0.15, 0.2) is 12.4 Å². The lowest BCUT2D eigenvalue weighted by Crippen LogP contribution is -2.51. The van der Waals surface area contributed by atoms with Crippen LogP contribution in [-0.2, 0) is 9.53 Å². The van der Waals surface area contributed by atoms with Crippen molar-refractivity contribution in [2.75, 3.05) is 39.4 Å². The standard InChI is InChI=1S/C31H35FN2O5/c1-21(2)27-18-24(23-5-3-6-25(32)17-23)19-39-30(27)22-8-10-26(11-9-22)38-20-29(35)33-12-14-34(15-13-33)31(36)28-7-4-16-37-28/h3-11,16-17,21,24,27,30H,12-15,18-20H2,1-2H3/t24-,27-,30-/m0/s1. The lowest BCUT2D eigenvalue weighted by atomic mass is 9.76. The Morgan fingerprint density at radius 2 is 1.72 bits per heavy atom. The molecule has 39 heavy (non-hydrogen) atoms. The number of furan rings is 1. The molecular formula is C31H35FN2O5. The number of ether oxygens (including phenoxy) is 2. The molecule has 0 radical (unpaired) electrons. The lowest BCUT2D eigenvalue weighted by molar-refractivity contribution is -0.134. The van der Waals surface area contributed by atoms with Crippen LogP contribution >= 0.6 is 0 Å². The van der Waals surface area contributed by atoms with Gasteiger partial charge in [0.2, 0.25) is 0 Å². The van der Waals surface area contributed by atoms with Gasteiger partial charge in [-0.25, -0.2) is 4.39 Å². The van der Waals surface area contributed by atoms with E-state index in [-0.39, 0.29) is 36.3 Å². The van der Waals surface area contributed by atoms with E-state index < -0.39 is 0 Å². The van der Waals surface area contributed by atoms with Gasteiger partial charge in [0.25, 0.3) is 11.8 Å². The fraction of sp³-hybridized carbons (Fsp3) is 0.419. The number of rotatable bonds is 7. The molecule has 3 atom stereocenters. The highest BCUT2D eigenvalue weighted by molar-refractivity contribution is 5.91. The highest BCUT2D eigenvalue weighted by Crippen LogP contribution is 2.43. The Morgan fingerprint density at radius 1 is 0.974 bits per heavy atom. The molecule has 206 valence electrons. The molecule has 2 aliphatic heterocycles. The summed E-state index contributed by atoms with van der Waals surface area (Å²) < 4.78 is 31.1. The smallest absolute Gasteiger partial charge is 0.289 e. The molecule has 2 saturated heterocycles. The average Bonchev–Trinajstić information content (AvgIpc) is 3.51. The molecule has 0 unspecified atom stereocenters. The number of hydrogen-bond donors (Lipinski definition) is 0. The van der Waals surface area contributed by atoms with Crippen LogP contribution in [0.5, 0.6) is 5.75 Å². The van der Waals surface area contributed by atoms with Crippen LogP contribution in [0.4, 0.5) is 4.39 Å². The van der Waals surface area contributed by atoms with Gasteiger partial charge in [0.05, 0.1) is 19.0 Å². The van der Waals surface area contributed by atoms with E-state index >= 15 is 0 Å². The van der Waals surface area contributed by atoms with Gasteiger partial charge in [0, 0.05) is 32.1 Å². The van der Waals surface area contributed by atoms with Gasteiger partial charge in [-0.15, -0.1) is 0 Å². The van der Waals surface area contributed by atoms with Crippen LogP contribution in [-0.4, -0.2) is 61.0 Å². The summed E-state index contributed by atoms with van der Waals surface area (Å²) in [6.45, 7) is 6.71. The fourth-order valence-corrected chi connectivity index (χ4v) is 5.53. The van der Waals surface area contributed by atoms with E-state index in [1.165, 1.54) is 12.3 Å². The Bertz CT molecular complexity index is 1250. The lowest BCUT2D eigenvalue weighted by Gasteiger charge is -2.39. The van der Waals surface area contributed by atoms with Gasteiger partial charge in [-0.1, -0.05) is 38.1 Å². The second kappa shape index (κ2) is 12.0. The third-order valence-corrected chi connectivity index (χ3v) is 7.82. The van der Waals surface area contributed by atoms with Gasteiger partial charge in [-0.3, -0.25) is 9.59 Å². The van der Waals surface area contributed by atoms with Crippen LogP contribution in [0.1, 0.15) is 54.0 Å². The predicted octanol–water partition coefficient (Wildman–Crippen LogP) is 5.30. The molecule has 2 fully saturated rings. The molecule has 2 aromatic carbocycles. The van der Waals surface area contributed by atoms with Crippen LogP contribution < -0.4 is 4.74 Å². The van der Waals surface area contributed by atoms with Crippen LogP contribution in [0, 0.1) is 17.7 Å². The Balaban J connectivity index is 1.12. The number of hydrogen-bond acceptors (Lipinski definition) is 5. The highest BCUT2D eigenvalue weighted by Gasteiger charge is 2.35. The number of benzene rings is 2. The summed E-state index contributed by atoms with van der Waals surface area (Å²) in [5.41, 5.74) is 2.06. The number of nitrogens with zero attached hydrogens (tertiary/aromatic N) is 2. The van der Waals surface area contributed by atoms with Crippen LogP contribution in [0.2, 0.25) is 0 Å². The molecule has 0 N–H and O–H groups in total. The maximum absolute atomic E-state index is 13.8. The first kappa shape index (κ1) is 26.9. The van der Waals surface area contributed by atoms with Crippen molar-refractivity contribution in [1.29, 1.82) is 0 Å². The van der Waals surface area contributed by atoms with Gasteiger partial charge in [-0.05, 0) is 65.8 Å². The van der Waals surface area contributed by atoms with Crippen LogP contribution in [0.15, 0.2) is 71.3 Å². The number of halogens is 1. The second-order valence-corrected chi connectivity index (χ2v) is 10.7. The molecule has 3 heterocycles.